The van der Waals surface area contributed by atoms with Crippen LogP contribution in [0.5, 0.6) is 0 Å². The first kappa shape index (κ1) is 5.48. The first-order valence-electron chi connectivity index (χ1n) is 3.68. The van der Waals surface area contributed by atoms with E-state index in [1.54, 1.807) is 0 Å². The second-order valence-corrected chi connectivity index (χ2v) is 3.02. The molecule has 9 heavy (non-hydrogen) atoms. The van der Waals surface area contributed by atoms with Gasteiger partial charge in [-0.3, -0.25) is 0 Å². The van der Waals surface area contributed by atoms with Crippen LogP contribution in [0, 0.1) is 5.92 Å². The van der Waals surface area contributed by atoms with Gasteiger partial charge in [0, 0.05) is 0 Å². The highest BCUT2D eigenvalue weighted by Crippen LogP contribution is 2.39. The summed E-state index contributed by atoms with van der Waals surface area (Å²) in [5.41, 5.74) is 0. The largest absolute Gasteiger partial charge is 0.370 e. The minimum absolute atomic E-state index is 0.613. The third-order valence-corrected chi connectivity index (χ3v) is 2.38. The molecule has 0 N–H and O–H groups in total. The molecular weight excluding hydrogens is 112 g/mol. The number of fused-ring (bicyclic) bond motifs is 1. The van der Waals surface area contributed by atoms with Crippen LogP contribution in [0.3, 0.4) is 0 Å². The summed E-state index contributed by atoms with van der Waals surface area (Å²) in [7, 11) is 0. The molecule has 1 aliphatic heterocycles. The van der Waals surface area contributed by atoms with E-state index in [1.165, 1.54) is 19.3 Å². The zero-order chi connectivity index (χ0) is 6.27. The van der Waals surface area contributed by atoms with Crippen molar-refractivity contribution in [2.75, 3.05) is 0 Å². The fourth-order valence-corrected chi connectivity index (χ4v) is 1.65. The zero-order valence-corrected chi connectivity index (χ0v) is 5.55. The maximum Gasteiger partial charge on any atom is 0.0847 e. The van der Waals surface area contributed by atoms with Crippen molar-refractivity contribution >= 4 is 0 Å². The minimum atomic E-state index is 0.613. The van der Waals surface area contributed by atoms with E-state index in [0.717, 1.165) is 5.92 Å². The van der Waals surface area contributed by atoms with Crippen molar-refractivity contribution in [3.63, 3.8) is 0 Å². The summed E-state index contributed by atoms with van der Waals surface area (Å²) < 4.78 is 5.36. The van der Waals surface area contributed by atoms with E-state index < -0.39 is 0 Å². The topological polar surface area (TPSA) is 12.5 Å². The predicted octanol–water partition coefficient (Wildman–Crippen LogP) is 1.74. The number of rotatable bonds is 1. The Bertz CT molecular complexity index is 131. The van der Waals surface area contributed by atoms with Crippen LogP contribution in [0.4, 0.5) is 0 Å². The van der Waals surface area contributed by atoms with Crippen molar-refractivity contribution in [3.8, 4) is 0 Å². The Labute approximate surface area is 55.7 Å². The molecule has 1 saturated carbocycles. The summed E-state index contributed by atoms with van der Waals surface area (Å²) in [6.45, 7) is 3.78. The van der Waals surface area contributed by atoms with Crippen LogP contribution in [0.2, 0.25) is 0 Å². The van der Waals surface area contributed by atoms with Gasteiger partial charge in [-0.15, -0.1) is 6.58 Å². The molecule has 1 saturated heterocycles. The number of epoxide rings is 1. The van der Waals surface area contributed by atoms with Crippen LogP contribution in [-0.2, 0) is 4.74 Å². The average Bonchev–Trinajstić information content (AvgIpc) is 2.64. The quantitative estimate of drug-likeness (QED) is 0.383. The van der Waals surface area contributed by atoms with Gasteiger partial charge in [0.25, 0.3) is 0 Å². The van der Waals surface area contributed by atoms with E-state index in [9.17, 15) is 0 Å². The molecule has 2 fully saturated rings. The first-order chi connectivity index (χ1) is 4.40. The SMILES string of the molecule is C=C[C@@H]1CCC2OC2C1. The summed E-state index contributed by atoms with van der Waals surface area (Å²) >= 11 is 0. The fraction of sp³-hybridized carbons (Fsp3) is 0.750. The molecule has 50 valence electrons. The molecule has 1 aliphatic carbocycles. The molecule has 2 rings (SSSR count). The molecule has 0 aromatic rings. The third-order valence-electron chi connectivity index (χ3n) is 2.38. The Morgan fingerprint density at radius 3 is 2.89 bits per heavy atom. The van der Waals surface area contributed by atoms with E-state index in [0.29, 0.717) is 12.2 Å². The lowest BCUT2D eigenvalue weighted by atomic mass is 9.90. The number of allylic oxidation sites excluding steroid dienone is 1. The van der Waals surface area contributed by atoms with Crippen molar-refractivity contribution < 1.29 is 4.74 Å². The Balaban J connectivity index is 1.93. The fourth-order valence-electron chi connectivity index (χ4n) is 1.65. The van der Waals surface area contributed by atoms with Gasteiger partial charge in [0.05, 0.1) is 12.2 Å². The Kier molecular flexibility index (Phi) is 1.12. The van der Waals surface area contributed by atoms with E-state index in [4.69, 9.17) is 4.74 Å². The van der Waals surface area contributed by atoms with Crippen molar-refractivity contribution in [1.82, 2.24) is 0 Å². The Morgan fingerprint density at radius 2 is 2.22 bits per heavy atom. The second kappa shape index (κ2) is 1.84. The van der Waals surface area contributed by atoms with Gasteiger partial charge < -0.3 is 4.74 Å². The smallest absolute Gasteiger partial charge is 0.0847 e. The average molecular weight is 124 g/mol. The number of hydrogen-bond donors (Lipinski definition) is 0. The molecule has 1 nitrogen and oxygen atoms in total. The standard InChI is InChI=1S/C8H12O/c1-2-6-3-4-7-8(5-6)9-7/h2,6-8H,1,3-5H2/t6-,7?,8?/m1/s1. The number of ether oxygens (including phenoxy) is 1. The first-order valence-corrected chi connectivity index (χ1v) is 3.68. The van der Waals surface area contributed by atoms with Crippen molar-refractivity contribution in [1.29, 1.82) is 0 Å². The zero-order valence-electron chi connectivity index (χ0n) is 5.55. The molecule has 2 aliphatic rings. The van der Waals surface area contributed by atoms with E-state index in [-0.39, 0.29) is 0 Å². The van der Waals surface area contributed by atoms with Gasteiger partial charge in [-0.2, -0.15) is 0 Å². The molecule has 0 spiro atoms. The maximum absolute atomic E-state index is 5.36. The minimum Gasteiger partial charge on any atom is -0.370 e. The van der Waals surface area contributed by atoms with Gasteiger partial charge in [-0.1, -0.05) is 6.08 Å². The summed E-state index contributed by atoms with van der Waals surface area (Å²) in [5.74, 6) is 0.744. The lowest BCUT2D eigenvalue weighted by Crippen LogP contribution is -2.10. The van der Waals surface area contributed by atoms with Gasteiger partial charge >= 0.3 is 0 Å². The monoisotopic (exact) mass is 124 g/mol. The molecule has 0 aromatic heterocycles. The Hall–Kier alpha value is -0.300. The third kappa shape index (κ3) is 0.897. The lowest BCUT2D eigenvalue weighted by molar-refractivity contribution is 0.370. The molecule has 1 heterocycles. The molecule has 0 aromatic carbocycles. The predicted molar refractivity (Wildman–Crippen MR) is 36.2 cm³/mol. The van der Waals surface area contributed by atoms with Gasteiger partial charge in [-0.25, -0.2) is 0 Å². The van der Waals surface area contributed by atoms with Crippen LogP contribution in [0.1, 0.15) is 19.3 Å². The molecule has 0 amide bonds. The highest BCUT2D eigenvalue weighted by atomic mass is 16.6. The number of hydrogen-bond acceptors (Lipinski definition) is 1. The molecule has 0 radical (unpaired) electrons. The van der Waals surface area contributed by atoms with E-state index in [1.807, 2.05) is 0 Å². The van der Waals surface area contributed by atoms with Gasteiger partial charge in [-0.05, 0) is 25.2 Å². The molecule has 2 unspecified atom stereocenters. The summed E-state index contributed by atoms with van der Waals surface area (Å²) in [4.78, 5) is 0. The van der Waals surface area contributed by atoms with E-state index in [2.05, 4.69) is 12.7 Å². The molecule has 1 heteroatoms. The van der Waals surface area contributed by atoms with Crippen molar-refractivity contribution in [2.24, 2.45) is 5.92 Å². The van der Waals surface area contributed by atoms with Gasteiger partial charge in [0.1, 0.15) is 0 Å². The van der Waals surface area contributed by atoms with Crippen LogP contribution < -0.4 is 0 Å². The molecular formula is C8H12O. The van der Waals surface area contributed by atoms with E-state index >= 15 is 0 Å². The maximum atomic E-state index is 5.36. The summed E-state index contributed by atoms with van der Waals surface area (Å²) in [6, 6.07) is 0. The van der Waals surface area contributed by atoms with Crippen LogP contribution in [-0.4, -0.2) is 12.2 Å². The van der Waals surface area contributed by atoms with Crippen LogP contribution in [0.25, 0.3) is 0 Å². The highest BCUT2D eigenvalue weighted by Gasteiger charge is 2.42. The van der Waals surface area contributed by atoms with Crippen molar-refractivity contribution in [3.05, 3.63) is 12.7 Å². The molecule has 0 bridgehead atoms. The normalized spacial score (nSPS) is 47.8. The van der Waals surface area contributed by atoms with Gasteiger partial charge in [0.15, 0.2) is 0 Å². The second-order valence-electron chi connectivity index (χ2n) is 3.02. The Morgan fingerprint density at radius 1 is 1.33 bits per heavy atom. The van der Waals surface area contributed by atoms with Crippen molar-refractivity contribution in [2.45, 2.75) is 31.5 Å². The van der Waals surface area contributed by atoms with Gasteiger partial charge in [0.2, 0.25) is 0 Å². The lowest BCUT2D eigenvalue weighted by Gasteiger charge is -2.12. The molecule has 3 atom stereocenters. The van der Waals surface area contributed by atoms with Crippen LogP contribution >= 0.6 is 0 Å². The highest BCUT2D eigenvalue weighted by molar-refractivity contribution is 4.96. The summed E-state index contributed by atoms with van der Waals surface area (Å²) in [6.07, 6.45) is 7.11. The summed E-state index contributed by atoms with van der Waals surface area (Å²) in [5, 5.41) is 0. The van der Waals surface area contributed by atoms with Crippen LogP contribution in [0.15, 0.2) is 12.7 Å².